The number of para-hydroxylation sites is 1. The molecule has 138 valence electrons. The van der Waals surface area contributed by atoms with Crippen LogP contribution in [0.5, 0.6) is 11.5 Å². The van der Waals surface area contributed by atoms with Crippen molar-refractivity contribution in [3.63, 3.8) is 0 Å². The van der Waals surface area contributed by atoms with Crippen molar-refractivity contribution in [3.8, 4) is 11.5 Å². The summed E-state index contributed by atoms with van der Waals surface area (Å²) in [5.74, 6) is 2.85. The molecular weight excluding hydrogens is 390 g/mol. The van der Waals surface area contributed by atoms with Crippen molar-refractivity contribution in [3.05, 3.63) is 47.0 Å². The number of amides is 1. The fourth-order valence-corrected chi connectivity index (χ4v) is 4.28. The van der Waals surface area contributed by atoms with Gasteiger partial charge in [-0.1, -0.05) is 23.7 Å². The third kappa shape index (κ3) is 5.02. The molecule has 7 heteroatoms. The van der Waals surface area contributed by atoms with E-state index in [2.05, 4.69) is 5.32 Å². The number of carbonyl (C=O) groups excluding carboxylic acids is 1. The number of benzene rings is 2. The van der Waals surface area contributed by atoms with Crippen molar-refractivity contribution >= 4 is 46.7 Å². The number of carbonyl (C=O) groups is 1. The second-order valence-electron chi connectivity index (χ2n) is 5.65. The first-order chi connectivity index (χ1) is 12.7. The molecule has 0 unspecified atom stereocenters. The van der Waals surface area contributed by atoms with Crippen LogP contribution in [0.2, 0.25) is 5.02 Å². The highest BCUT2D eigenvalue weighted by Gasteiger charge is 2.16. The number of halogens is 1. The highest BCUT2D eigenvalue weighted by Crippen LogP contribution is 2.39. The first kappa shape index (κ1) is 19.3. The number of nitrogens with one attached hydrogen (secondary N) is 1. The summed E-state index contributed by atoms with van der Waals surface area (Å²) in [7, 11) is 0. The molecule has 0 spiro atoms. The molecule has 0 saturated carbocycles. The molecule has 0 aromatic heterocycles. The Morgan fingerprint density at radius 1 is 1.23 bits per heavy atom. The Morgan fingerprint density at radius 2 is 2.04 bits per heavy atom. The Hall–Kier alpha value is -1.50. The molecular formula is C19H20ClNO3S2. The van der Waals surface area contributed by atoms with Gasteiger partial charge in [0.05, 0.1) is 10.7 Å². The van der Waals surface area contributed by atoms with Crippen LogP contribution in [0, 0.1) is 0 Å². The fraction of sp³-hybridized carbons (Fsp3) is 0.316. The van der Waals surface area contributed by atoms with Gasteiger partial charge in [0, 0.05) is 22.8 Å². The van der Waals surface area contributed by atoms with Gasteiger partial charge >= 0.3 is 0 Å². The van der Waals surface area contributed by atoms with Crippen molar-refractivity contribution < 1.29 is 14.3 Å². The van der Waals surface area contributed by atoms with Crippen LogP contribution in [-0.2, 0) is 10.5 Å². The van der Waals surface area contributed by atoms with Crippen LogP contribution < -0.4 is 14.8 Å². The SMILES string of the molecule is CSc1ccccc1NC(=O)CCSCc1cc(Cl)c2c(c1)OCCO2. The van der Waals surface area contributed by atoms with Crippen LogP contribution in [0.25, 0.3) is 0 Å². The predicted octanol–water partition coefficient (Wildman–Crippen LogP) is 5.10. The molecule has 1 aliphatic heterocycles. The van der Waals surface area contributed by atoms with Crippen molar-refractivity contribution in [1.82, 2.24) is 0 Å². The predicted molar refractivity (Wildman–Crippen MR) is 110 cm³/mol. The smallest absolute Gasteiger partial charge is 0.225 e. The van der Waals surface area contributed by atoms with E-state index in [9.17, 15) is 4.79 Å². The van der Waals surface area contributed by atoms with Gasteiger partial charge in [-0.2, -0.15) is 11.8 Å². The summed E-state index contributed by atoms with van der Waals surface area (Å²) >= 11 is 9.56. The number of rotatable bonds is 7. The highest BCUT2D eigenvalue weighted by molar-refractivity contribution is 7.98. The molecule has 26 heavy (non-hydrogen) atoms. The lowest BCUT2D eigenvalue weighted by Gasteiger charge is -2.20. The van der Waals surface area contributed by atoms with E-state index in [1.54, 1.807) is 23.5 Å². The van der Waals surface area contributed by atoms with Gasteiger partial charge in [0.1, 0.15) is 13.2 Å². The van der Waals surface area contributed by atoms with Crippen LogP contribution in [0.3, 0.4) is 0 Å². The average Bonchev–Trinajstić information content (AvgIpc) is 2.66. The minimum Gasteiger partial charge on any atom is -0.486 e. The van der Waals surface area contributed by atoms with Gasteiger partial charge in [-0.15, -0.1) is 11.8 Å². The Bertz CT molecular complexity index is 785. The number of hydrogen-bond acceptors (Lipinski definition) is 5. The first-order valence-corrected chi connectivity index (χ1v) is 11.0. The van der Waals surface area contributed by atoms with Crippen molar-refractivity contribution in [2.24, 2.45) is 0 Å². The van der Waals surface area contributed by atoms with Crippen LogP contribution in [0.15, 0.2) is 41.3 Å². The molecule has 2 aromatic carbocycles. The summed E-state index contributed by atoms with van der Waals surface area (Å²) < 4.78 is 11.1. The lowest BCUT2D eigenvalue weighted by Crippen LogP contribution is -2.15. The molecule has 0 radical (unpaired) electrons. The van der Waals surface area contributed by atoms with Crippen molar-refractivity contribution in [2.45, 2.75) is 17.1 Å². The summed E-state index contributed by atoms with van der Waals surface area (Å²) in [6, 6.07) is 11.7. The zero-order valence-corrected chi connectivity index (χ0v) is 16.8. The zero-order chi connectivity index (χ0) is 18.4. The summed E-state index contributed by atoms with van der Waals surface area (Å²) in [4.78, 5) is 13.2. The minimum absolute atomic E-state index is 0.0270. The number of anilines is 1. The Kier molecular flexibility index (Phi) is 7.00. The van der Waals surface area contributed by atoms with E-state index in [1.165, 1.54) is 0 Å². The van der Waals surface area contributed by atoms with Gasteiger partial charge in [-0.25, -0.2) is 0 Å². The molecule has 1 N–H and O–H groups in total. The van der Waals surface area contributed by atoms with E-state index in [0.29, 0.717) is 36.2 Å². The summed E-state index contributed by atoms with van der Waals surface area (Å²) in [5.41, 5.74) is 1.94. The maximum Gasteiger partial charge on any atom is 0.225 e. The third-order valence-electron chi connectivity index (χ3n) is 3.78. The van der Waals surface area contributed by atoms with E-state index in [1.807, 2.05) is 42.7 Å². The number of thioether (sulfide) groups is 2. The molecule has 0 atom stereocenters. The Labute approximate surface area is 167 Å². The van der Waals surface area contributed by atoms with Crippen molar-refractivity contribution in [2.75, 3.05) is 30.5 Å². The van der Waals surface area contributed by atoms with Gasteiger partial charge in [-0.05, 0) is 36.1 Å². The van der Waals surface area contributed by atoms with Gasteiger partial charge in [-0.3, -0.25) is 4.79 Å². The largest absolute Gasteiger partial charge is 0.486 e. The molecule has 3 rings (SSSR count). The lowest BCUT2D eigenvalue weighted by molar-refractivity contribution is -0.115. The van der Waals surface area contributed by atoms with E-state index in [4.69, 9.17) is 21.1 Å². The standard InChI is InChI=1S/C19H20ClNO3S2/c1-25-17-5-3-2-4-15(17)21-18(22)6-9-26-12-13-10-14(20)19-16(11-13)23-7-8-24-19/h2-5,10-11H,6-9,12H2,1H3,(H,21,22). The molecule has 1 amide bonds. The van der Waals surface area contributed by atoms with Gasteiger partial charge in [0.15, 0.2) is 11.5 Å². The maximum atomic E-state index is 12.1. The first-order valence-electron chi connectivity index (χ1n) is 8.26. The van der Waals surface area contributed by atoms with E-state index >= 15 is 0 Å². The summed E-state index contributed by atoms with van der Waals surface area (Å²) in [6.45, 7) is 1.06. The third-order valence-corrected chi connectivity index (χ3v) is 5.89. The fourth-order valence-electron chi connectivity index (χ4n) is 2.56. The molecule has 0 fully saturated rings. The highest BCUT2D eigenvalue weighted by atomic mass is 35.5. The van der Waals surface area contributed by atoms with E-state index in [0.717, 1.165) is 27.7 Å². The van der Waals surface area contributed by atoms with Crippen LogP contribution in [0.4, 0.5) is 5.69 Å². The minimum atomic E-state index is 0.0270. The average molecular weight is 410 g/mol. The quantitative estimate of drug-likeness (QED) is 0.509. The molecule has 0 saturated heterocycles. The lowest BCUT2D eigenvalue weighted by atomic mass is 10.2. The van der Waals surface area contributed by atoms with Gasteiger partial charge < -0.3 is 14.8 Å². The number of hydrogen-bond donors (Lipinski definition) is 1. The van der Waals surface area contributed by atoms with Crippen LogP contribution in [-0.4, -0.2) is 31.1 Å². The topological polar surface area (TPSA) is 47.6 Å². The number of ether oxygens (including phenoxy) is 2. The van der Waals surface area contributed by atoms with Crippen LogP contribution >= 0.6 is 35.1 Å². The summed E-state index contributed by atoms with van der Waals surface area (Å²) in [5, 5.41) is 3.55. The molecule has 1 heterocycles. The monoisotopic (exact) mass is 409 g/mol. The zero-order valence-electron chi connectivity index (χ0n) is 14.4. The maximum absolute atomic E-state index is 12.1. The van der Waals surface area contributed by atoms with Crippen molar-refractivity contribution in [1.29, 1.82) is 0 Å². The van der Waals surface area contributed by atoms with E-state index in [-0.39, 0.29) is 5.91 Å². The molecule has 4 nitrogen and oxygen atoms in total. The molecule has 0 bridgehead atoms. The Balaban J connectivity index is 1.47. The second kappa shape index (κ2) is 9.44. The molecule has 0 aliphatic carbocycles. The normalized spacial score (nSPS) is 12.7. The summed E-state index contributed by atoms with van der Waals surface area (Å²) in [6.07, 6.45) is 2.46. The van der Waals surface area contributed by atoms with Gasteiger partial charge in [0.25, 0.3) is 0 Å². The second-order valence-corrected chi connectivity index (χ2v) is 8.01. The molecule has 2 aromatic rings. The number of fused-ring (bicyclic) bond motifs is 1. The van der Waals surface area contributed by atoms with Gasteiger partial charge in [0.2, 0.25) is 5.91 Å². The van der Waals surface area contributed by atoms with Crippen LogP contribution in [0.1, 0.15) is 12.0 Å². The molecule has 1 aliphatic rings. The van der Waals surface area contributed by atoms with E-state index < -0.39 is 0 Å². The Morgan fingerprint density at radius 3 is 2.88 bits per heavy atom.